The maximum atomic E-state index is 5.65. The lowest BCUT2D eigenvalue weighted by molar-refractivity contribution is 0.403. The van der Waals surface area contributed by atoms with Crippen LogP contribution in [-0.4, -0.2) is 46.1 Å². The van der Waals surface area contributed by atoms with Gasteiger partial charge in [-0.15, -0.1) is 0 Å². The van der Waals surface area contributed by atoms with Crippen LogP contribution in [0, 0.1) is 0 Å². The minimum absolute atomic E-state index is 0.702. The van der Waals surface area contributed by atoms with Crippen molar-refractivity contribution in [3.8, 4) is 0 Å². The van der Waals surface area contributed by atoms with E-state index in [9.17, 15) is 0 Å². The molecule has 0 unspecified atom stereocenters. The molecule has 0 atom stereocenters. The molecular formula is C11H19BN2. The molecule has 0 N–H and O–H groups in total. The molecule has 0 aromatic heterocycles. The molecule has 0 bridgehead atoms. The van der Waals surface area contributed by atoms with Crippen molar-refractivity contribution in [2.45, 2.75) is 13.3 Å². The van der Waals surface area contributed by atoms with E-state index in [0.29, 0.717) is 5.47 Å². The van der Waals surface area contributed by atoms with E-state index in [0.717, 1.165) is 19.5 Å². The van der Waals surface area contributed by atoms with E-state index < -0.39 is 0 Å². The van der Waals surface area contributed by atoms with Gasteiger partial charge in [-0.05, 0) is 34.0 Å². The van der Waals surface area contributed by atoms with E-state index in [4.69, 9.17) is 7.85 Å². The Hall–Kier alpha value is -0.825. The monoisotopic (exact) mass is 190 g/mol. The summed E-state index contributed by atoms with van der Waals surface area (Å²) in [5.74, 6) is 0. The Morgan fingerprint density at radius 3 is 2.71 bits per heavy atom. The molecule has 0 saturated carbocycles. The van der Waals surface area contributed by atoms with Gasteiger partial charge in [0.05, 0.1) is 0 Å². The molecule has 0 rings (SSSR count). The second kappa shape index (κ2) is 8.76. The van der Waals surface area contributed by atoms with Gasteiger partial charge in [0.2, 0.25) is 0 Å². The van der Waals surface area contributed by atoms with Gasteiger partial charge in [0.1, 0.15) is 7.85 Å². The summed E-state index contributed by atoms with van der Waals surface area (Å²) in [5.41, 5.74) is 0.702. The van der Waals surface area contributed by atoms with Crippen LogP contribution in [0.2, 0.25) is 0 Å². The Kier molecular flexibility index (Phi) is 8.24. The zero-order valence-electron chi connectivity index (χ0n) is 9.40. The standard InChI is InChI=1S/C11H19BN2/c1-4-5-7-11(12)10-13-8-6-9-14(2)3/h4-5,7,10H,6,8-9H2,1-3H3/b5-4+,11-7+,13-10?. The van der Waals surface area contributed by atoms with Crippen molar-refractivity contribution in [2.24, 2.45) is 4.99 Å². The molecule has 0 aliphatic heterocycles. The highest BCUT2D eigenvalue weighted by molar-refractivity contribution is 6.33. The van der Waals surface area contributed by atoms with Crippen molar-refractivity contribution in [3.63, 3.8) is 0 Å². The van der Waals surface area contributed by atoms with Gasteiger partial charge >= 0.3 is 0 Å². The molecule has 76 valence electrons. The highest BCUT2D eigenvalue weighted by atomic mass is 15.0. The SMILES string of the molecule is [B]/C(C=NCCCN(C)C)=C/C=C/C. The molecule has 3 heteroatoms. The molecule has 2 nitrogen and oxygen atoms in total. The van der Waals surface area contributed by atoms with Crippen molar-refractivity contribution in [1.29, 1.82) is 0 Å². The van der Waals surface area contributed by atoms with Gasteiger partial charge in [-0.25, -0.2) is 0 Å². The van der Waals surface area contributed by atoms with Crippen molar-refractivity contribution < 1.29 is 0 Å². The zero-order valence-corrected chi connectivity index (χ0v) is 9.40. The lowest BCUT2D eigenvalue weighted by Gasteiger charge is -2.06. The van der Waals surface area contributed by atoms with Gasteiger partial charge in [0.25, 0.3) is 0 Å². The lowest BCUT2D eigenvalue weighted by Crippen LogP contribution is -2.13. The highest BCUT2D eigenvalue weighted by Gasteiger charge is 1.87. The first-order valence-corrected chi connectivity index (χ1v) is 4.90. The van der Waals surface area contributed by atoms with Crippen LogP contribution in [0.3, 0.4) is 0 Å². The number of hydrogen-bond donors (Lipinski definition) is 0. The van der Waals surface area contributed by atoms with E-state index >= 15 is 0 Å². The van der Waals surface area contributed by atoms with Crippen molar-refractivity contribution in [1.82, 2.24) is 4.90 Å². The molecule has 0 amide bonds. The highest BCUT2D eigenvalue weighted by Crippen LogP contribution is 1.87. The second-order valence-corrected chi connectivity index (χ2v) is 3.38. The Bertz CT molecular complexity index is 217. The van der Waals surface area contributed by atoms with Gasteiger partial charge in [-0.3, -0.25) is 4.99 Å². The number of hydrogen-bond acceptors (Lipinski definition) is 2. The summed E-state index contributed by atoms with van der Waals surface area (Å²) in [7, 11) is 9.77. The summed E-state index contributed by atoms with van der Waals surface area (Å²) in [5, 5.41) is 0. The maximum absolute atomic E-state index is 5.65. The van der Waals surface area contributed by atoms with Crippen molar-refractivity contribution in [3.05, 3.63) is 23.7 Å². The Morgan fingerprint density at radius 2 is 2.14 bits per heavy atom. The molecular weight excluding hydrogens is 171 g/mol. The predicted molar refractivity (Wildman–Crippen MR) is 65.2 cm³/mol. The smallest absolute Gasteiger partial charge is 0.115 e. The number of allylic oxidation sites excluding steroid dienone is 4. The van der Waals surface area contributed by atoms with Gasteiger partial charge in [0, 0.05) is 12.8 Å². The molecule has 0 saturated heterocycles. The molecule has 0 aromatic carbocycles. The van der Waals surface area contributed by atoms with Crippen molar-refractivity contribution >= 4 is 14.1 Å². The Morgan fingerprint density at radius 1 is 1.43 bits per heavy atom. The van der Waals surface area contributed by atoms with Crippen LogP contribution in [0.25, 0.3) is 0 Å². The molecule has 14 heavy (non-hydrogen) atoms. The molecule has 0 heterocycles. The molecule has 2 radical (unpaired) electrons. The van der Waals surface area contributed by atoms with Gasteiger partial charge in [-0.2, -0.15) is 0 Å². The quantitative estimate of drug-likeness (QED) is 0.269. The molecule has 0 aliphatic carbocycles. The van der Waals surface area contributed by atoms with E-state index in [-0.39, 0.29) is 0 Å². The summed E-state index contributed by atoms with van der Waals surface area (Å²) >= 11 is 0. The van der Waals surface area contributed by atoms with Crippen LogP contribution in [0.4, 0.5) is 0 Å². The van der Waals surface area contributed by atoms with Crippen LogP contribution in [-0.2, 0) is 0 Å². The molecule has 0 fully saturated rings. The van der Waals surface area contributed by atoms with E-state index in [1.165, 1.54) is 0 Å². The van der Waals surface area contributed by atoms with Crippen molar-refractivity contribution in [2.75, 3.05) is 27.2 Å². The summed E-state index contributed by atoms with van der Waals surface area (Å²) in [6, 6.07) is 0. The van der Waals surface area contributed by atoms with E-state index in [1.54, 1.807) is 6.21 Å². The largest absolute Gasteiger partial charge is 0.309 e. The van der Waals surface area contributed by atoms with Crippen LogP contribution < -0.4 is 0 Å². The summed E-state index contributed by atoms with van der Waals surface area (Å²) < 4.78 is 0. The Labute approximate surface area is 88.8 Å². The van der Waals surface area contributed by atoms with Crippen LogP contribution in [0.5, 0.6) is 0 Å². The lowest BCUT2D eigenvalue weighted by atomic mass is 9.96. The zero-order chi connectivity index (χ0) is 10.8. The maximum Gasteiger partial charge on any atom is 0.115 e. The summed E-state index contributed by atoms with van der Waals surface area (Å²) in [6.45, 7) is 3.86. The average molecular weight is 190 g/mol. The van der Waals surface area contributed by atoms with Crippen LogP contribution >= 0.6 is 0 Å². The number of aliphatic imine (C=N–C) groups is 1. The fraction of sp³-hybridized carbons (Fsp3) is 0.545. The first kappa shape index (κ1) is 13.2. The van der Waals surface area contributed by atoms with Crippen LogP contribution in [0.1, 0.15) is 13.3 Å². The molecule has 0 aromatic rings. The summed E-state index contributed by atoms with van der Waals surface area (Å²) in [6.07, 6.45) is 8.47. The fourth-order valence-corrected chi connectivity index (χ4v) is 0.899. The Balaban J connectivity index is 3.62. The first-order chi connectivity index (χ1) is 6.66. The first-order valence-electron chi connectivity index (χ1n) is 4.90. The fourth-order valence-electron chi connectivity index (χ4n) is 0.899. The van der Waals surface area contributed by atoms with E-state index in [2.05, 4.69) is 24.0 Å². The molecule has 0 spiro atoms. The number of rotatable bonds is 6. The second-order valence-electron chi connectivity index (χ2n) is 3.38. The van der Waals surface area contributed by atoms with Gasteiger partial charge in [-0.1, -0.05) is 23.7 Å². The molecule has 0 aliphatic rings. The minimum atomic E-state index is 0.702. The van der Waals surface area contributed by atoms with Gasteiger partial charge < -0.3 is 4.90 Å². The normalized spacial score (nSPS) is 13.6. The topological polar surface area (TPSA) is 15.6 Å². The third kappa shape index (κ3) is 9.26. The average Bonchev–Trinajstić information content (AvgIpc) is 2.13. The predicted octanol–water partition coefficient (Wildman–Crippen LogP) is 1.64. The number of nitrogens with zero attached hydrogens (tertiary/aromatic N) is 2. The van der Waals surface area contributed by atoms with E-state index in [1.807, 2.05) is 25.2 Å². The van der Waals surface area contributed by atoms with Gasteiger partial charge in [0.15, 0.2) is 0 Å². The summed E-state index contributed by atoms with van der Waals surface area (Å²) in [4.78, 5) is 6.36. The van der Waals surface area contributed by atoms with Crippen LogP contribution in [0.15, 0.2) is 28.7 Å². The third-order valence-electron chi connectivity index (χ3n) is 1.61. The third-order valence-corrected chi connectivity index (χ3v) is 1.61. The minimum Gasteiger partial charge on any atom is -0.309 e.